The maximum absolute atomic E-state index is 12.2. The van der Waals surface area contributed by atoms with Crippen molar-refractivity contribution in [3.8, 4) is 11.5 Å². The number of nitrogens with zero attached hydrogens (tertiary/aromatic N) is 3. The molecule has 2 N–H and O–H groups in total. The van der Waals surface area contributed by atoms with Gasteiger partial charge < -0.3 is 25.0 Å². The Hall–Kier alpha value is -3.81. The number of benzene rings is 2. The van der Waals surface area contributed by atoms with Crippen molar-refractivity contribution < 1.29 is 14.3 Å². The zero-order valence-corrected chi connectivity index (χ0v) is 17.4. The molecule has 0 bridgehead atoms. The number of aromatic nitrogens is 2. The van der Waals surface area contributed by atoms with Gasteiger partial charge in [0.15, 0.2) is 23.9 Å². The van der Waals surface area contributed by atoms with E-state index in [0.717, 1.165) is 24.5 Å². The molecule has 2 aromatic carbocycles. The van der Waals surface area contributed by atoms with Gasteiger partial charge in [-0.05, 0) is 49.2 Å². The van der Waals surface area contributed by atoms with Crippen LogP contribution in [-0.4, -0.2) is 42.9 Å². The first-order valence-electron chi connectivity index (χ1n) is 10.2. The molecule has 0 atom stereocenters. The second-order valence-electron chi connectivity index (χ2n) is 7.18. The van der Waals surface area contributed by atoms with Crippen molar-refractivity contribution in [2.75, 3.05) is 42.3 Å². The van der Waals surface area contributed by atoms with Gasteiger partial charge in [0.2, 0.25) is 0 Å². The molecule has 4 rings (SSSR count). The molecule has 160 valence electrons. The van der Waals surface area contributed by atoms with Crippen molar-refractivity contribution in [2.45, 2.75) is 12.8 Å². The number of hydrogen-bond acceptors (Lipinski definition) is 7. The molecule has 2 heterocycles. The van der Waals surface area contributed by atoms with E-state index in [1.807, 2.05) is 42.5 Å². The summed E-state index contributed by atoms with van der Waals surface area (Å²) in [6, 6.07) is 16.6. The molecular weight excluding hydrogens is 394 g/mol. The molecular formula is C23H25N5O3. The Bertz CT molecular complexity index is 1020. The summed E-state index contributed by atoms with van der Waals surface area (Å²) in [6.45, 7) is 2.00. The summed E-state index contributed by atoms with van der Waals surface area (Å²) >= 11 is 0. The number of carbonyl (C=O) groups excluding carboxylic acids is 1. The minimum Gasteiger partial charge on any atom is -0.493 e. The van der Waals surface area contributed by atoms with Gasteiger partial charge in [-0.1, -0.05) is 12.1 Å². The standard InChI is InChI=1S/C23H25N5O3/c1-30-20-6-2-3-7-21(20)31-16-23(29)26-18-10-8-17(9-11-18)25-22-14-19(15-24-27-22)28-12-4-5-13-28/h2-3,6-11,14-15H,4-5,12-13,16H2,1H3,(H,25,27)(H,26,29). The third-order valence-electron chi connectivity index (χ3n) is 4.98. The van der Waals surface area contributed by atoms with Gasteiger partial charge in [-0.2, -0.15) is 5.10 Å². The lowest BCUT2D eigenvalue weighted by molar-refractivity contribution is -0.118. The Morgan fingerprint density at radius 3 is 2.48 bits per heavy atom. The van der Waals surface area contributed by atoms with Crippen LogP contribution in [0.5, 0.6) is 11.5 Å². The van der Waals surface area contributed by atoms with Crippen LogP contribution in [0.3, 0.4) is 0 Å². The van der Waals surface area contributed by atoms with Crippen LogP contribution >= 0.6 is 0 Å². The van der Waals surface area contributed by atoms with Gasteiger partial charge in [-0.25, -0.2) is 0 Å². The number of ether oxygens (including phenoxy) is 2. The van der Waals surface area contributed by atoms with Crippen LogP contribution in [0.1, 0.15) is 12.8 Å². The molecule has 1 amide bonds. The third-order valence-corrected chi connectivity index (χ3v) is 4.98. The van der Waals surface area contributed by atoms with Crippen molar-refractivity contribution in [3.63, 3.8) is 0 Å². The van der Waals surface area contributed by atoms with E-state index in [0.29, 0.717) is 23.0 Å². The predicted octanol–water partition coefficient (Wildman–Crippen LogP) is 3.85. The van der Waals surface area contributed by atoms with E-state index in [1.54, 1.807) is 25.4 Å². The van der Waals surface area contributed by atoms with E-state index in [9.17, 15) is 4.79 Å². The van der Waals surface area contributed by atoms with Crippen LogP contribution < -0.4 is 25.0 Å². The summed E-state index contributed by atoms with van der Waals surface area (Å²) in [5.41, 5.74) is 2.61. The van der Waals surface area contributed by atoms with Crippen LogP contribution in [0.15, 0.2) is 60.8 Å². The van der Waals surface area contributed by atoms with Crippen molar-refractivity contribution in [3.05, 3.63) is 60.8 Å². The van der Waals surface area contributed by atoms with Crippen LogP contribution in [0.4, 0.5) is 22.9 Å². The van der Waals surface area contributed by atoms with Crippen LogP contribution in [0.25, 0.3) is 0 Å². The van der Waals surface area contributed by atoms with Crippen molar-refractivity contribution in [1.82, 2.24) is 10.2 Å². The monoisotopic (exact) mass is 419 g/mol. The second kappa shape index (κ2) is 9.80. The maximum Gasteiger partial charge on any atom is 0.262 e. The highest BCUT2D eigenvalue weighted by atomic mass is 16.5. The molecule has 1 aliphatic rings. The summed E-state index contributed by atoms with van der Waals surface area (Å²) in [6.07, 6.45) is 4.21. The number of nitrogens with one attached hydrogen (secondary N) is 2. The fraction of sp³-hybridized carbons (Fsp3) is 0.261. The molecule has 31 heavy (non-hydrogen) atoms. The van der Waals surface area contributed by atoms with Gasteiger partial charge in [-0.3, -0.25) is 4.79 Å². The van der Waals surface area contributed by atoms with Crippen molar-refractivity contribution in [1.29, 1.82) is 0 Å². The number of hydrogen-bond donors (Lipinski definition) is 2. The van der Waals surface area contributed by atoms with Crippen molar-refractivity contribution >= 4 is 28.8 Å². The zero-order chi connectivity index (χ0) is 21.5. The number of para-hydroxylation sites is 2. The Balaban J connectivity index is 1.31. The van der Waals surface area contributed by atoms with E-state index in [1.165, 1.54) is 12.8 Å². The van der Waals surface area contributed by atoms with Crippen LogP contribution in [-0.2, 0) is 4.79 Å². The number of carbonyl (C=O) groups is 1. The van der Waals surface area contributed by atoms with Gasteiger partial charge in [0, 0.05) is 30.5 Å². The molecule has 3 aromatic rings. The Labute approximate surface area is 181 Å². The smallest absolute Gasteiger partial charge is 0.262 e. The summed E-state index contributed by atoms with van der Waals surface area (Å²) in [5, 5.41) is 14.3. The Kier molecular flexibility index (Phi) is 6.47. The van der Waals surface area contributed by atoms with E-state index in [-0.39, 0.29) is 12.5 Å². The molecule has 8 nitrogen and oxygen atoms in total. The third kappa shape index (κ3) is 5.42. The van der Waals surface area contributed by atoms with E-state index in [2.05, 4.69) is 25.7 Å². The number of methoxy groups -OCH3 is 1. The first kappa shape index (κ1) is 20.5. The SMILES string of the molecule is COc1ccccc1OCC(=O)Nc1ccc(Nc2cc(N3CCCC3)cnn2)cc1. The molecule has 1 saturated heterocycles. The molecule has 0 aliphatic carbocycles. The van der Waals surface area contributed by atoms with E-state index >= 15 is 0 Å². The lowest BCUT2D eigenvalue weighted by Crippen LogP contribution is -2.20. The number of amides is 1. The van der Waals surface area contributed by atoms with Gasteiger partial charge in [0.05, 0.1) is 19.0 Å². The van der Waals surface area contributed by atoms with Gasteiger partial charge in [-0.15, -0.1) is 5.10 Å². The molecule has 1 aliphatic heterocycles. The average Bonchev–Trinajstić information content (AvgIpc) is 3.34. The fourth-order valence-corrected chi connectivity index (χ4v) is 3.43. The summed E-state index contributed by atoms with van der Waals surface area (Å²) in [7, 11) is 1.56. The first-order valence-corrected chi connectivity index (χ1v) is 10.2. The minimum absolute atomic E-state index is 0.112. The quantitative estimate of drug-likeness (QED) is 0.573. The minimum atomic E-state index is -0.254. The molecule has 0 unspecified atom stereocenters. The molecule has 8 heteroatoms. The largest absolute Gasteiger partial charge is 0.493 e. The molecule has 0 saturated carbocycles. The lowest BCUT2D eigenvalue weighted by Gasteiger charge is -2.17. The second-order valence-corrected chi connectivity index (χ2v) is 7.18. The maximum atomic E-state index is 12.2. The lowest BCUT2D eigenvalue weighted by atomic mass is 10.2. The Morgan fingerprint density at radius 2 is 1.74 bits per heavy atom. The summed E-state index contributed by atoms with van der Waals surface area (Å²) < 4.78 is 10.8. The highest BCUT2D eigenvalue weighted by Gasteiger charge is 2.13. The van der Waals surface area contributed by atoms with Crippen LogP contribution in [0, 0.1) is 0 Å². The average molecular weight is 419 g/mol. The Morgan fingerprint density at radius 1 is 1.03 bits per heavy atom. The van der Waals surface area contributed by atoms with E-state index in [4.69, 9.17) is 9.47 Å². The predicted molar refractivity (Wildman–Crippen MR) is 120 cm³/mol. The highest BCUT2D eigenvalue weighted by molar-refractivity contribution is 5.92. The summed E-state index contributed by atoms with van der Waals surface area (Å²) in [5.74, 6) is 1.54. The molecule has 0 radical (unpaired) electrons. The van der Waals surface area contributed by atoms with Gasteiger partial charge in [0.25, 0.3) is 5.91 Å². The number of rotatable bonds is 8. The molecule has 0 spiro atoms. The topological polar surface area (TPSA) is 88.6 Å². The van der Waals surface area contributed by atoms with Crippen molar-refractivity contribution in [2.24, 2.45) is 0 Å². The fourth-order valence-electron chi connectivity index (χ4n) is 3.43. The highest BCUT2D eigenvalue weighted by Crippen LogP contribution is 2.26. The van der Waals surface area contributed by atoms with Crippen LogP contribution in [0.2, 0.25) is 0 Å². The summed E-state index contributed by atoms with van der Waals surface area (Å²) in [4.78, 5) is 14.5. The molecule has 1 fully saturated rings. The first-order chi connectivity index (χ1) is 15.2. The van der Waals surface area contributed by atoms with E-state index < -0.39 is 0 Å². The number of anilines is 4. The normalized spacial score (nSPS) is 13.0. The zero-order valence-electron chi connectivity index (χ0n) is 17.4. The van der Waals surface area contributed by atoms with Gasteiger partial charge in [0.1, 0.15) is 0 Å². The molecule has 1 aromatic heterocycles. The van der Waals surface area contributed by atoms with Gasteiger partial charge >= 0.3 is 0 Å².